The highest BCUT2D eigenvalue weighted by Crippen LogP contribution is 2.22. The average molecular weight is 370 g/mol. The second-order valence-corrected chi connectivity index (χ2v) is 5.63. The van der Waals surface area contributed by atoms with Gasteiger partial charge in [-0.05, 0) is 49.1 Å². The molecule has 0 aromatic heterocycles. The van der Waals surface area contributed by atoms with E-state index >= 15 is 0 Å². The van der Waals surface area contributed by atoms with Gasteiger partial charge in [0, 0.05) is 19.4 Å². The van der Waals surface area contributed by atoms with Gasteiger partial charge < -0.3 is 15.7 Å². The van der Waals surface area contributed by atoms with Gasteiger partial charge in [-0.1, -0.05) is 6.07 Å². The molecule has 8 nitrogen and oxygen atoms in total. The van der Waals surface area contributed by atoms with Gasteiger partial charge in [-0.2, -0.15) is 10.5 Å². The van der Waals surface area contributed by atoms with Gasteiger partial charge in [-0.25, -0.2) is 9.86 Å². The topological polar surface area (TPSA) is 140 Å². The van der Waals surface area contributed by atoms with Crippen LogP contribution in [-0.4, -0.2) is 23.6 Å². The number of hydrogen-bond acceptors (Lipinski definition) is 7. The first-order valence-electron chi connectivity index (χ1n) is 8.50. The Morgan fingerprint density at radius 1 is 1.26 bits per heavy atom. The zero-order chi connectivity index (χ0) is 20.2. The van der Waals surface area contributed by atoms with E-state index in [-0.39, 0.29) is 25.0 Å². The van der Waals surface area contributed by atoms with Crippen molar-refractivity contribution >= 4 is 23.7 Å². The summed E-state index contributed by atoms with van der Waals surface area (Å²) >= 11 is 0. The Kier molecular flexibility index (Phi) is 9.07. The van der Waals surface area contributed by atoms with Gasteiger partial charge in [0.2, 0.25) is 0 Å². The molecule has 0 saturated carbocycles. The number of allylic oxidation sites excluding steroid dienone is 1. The summed E-state index contributed by atoms with van der Waals surface area (Å²) in [5.41, 5.74) is 7.69. The third kappa shape index (κ3) is 7.18. The minimum atomic E-state index is -0.891. The Bertz CT molecular complexity index is 774. The number of nitrogens with zero attached hydrogens (tertiary/aromatic N) is 3. The Labute approximate surface area is 158 Å². The fraction of sp³-hybridized carbons (Fsp3) is 0.368. The number of hydrogen-bond donors (Lipinski definition) is 2. The molecule has 0 bridgehead atoms. The molecule has 0 aliphatic heterocycles. The first-order chi connectivity index (χ1) is 12.9. The van der Waals surface area contributed by atoms with Crippen LogP contribution in [0.2, 0.25) is 0 Å². The molecule has 0 radical (unpaired) electrons. The molecule has 8 heteroatoms. The number of hydroxylamine groups is 1. The molecule has 1 aromatic carbocycles. The van der Waals surface area contributed by atoms with Gasteiger partial charge >= 0.3 is 11.9 Å². The van der Waals surface area contributed by atoms with Gasteiger partial charge in [0.05, 0.1) is 12.2 Å². The molecule has 27 heavy (non-hydrogen) atoms. The van der Waals surface area contributed by atoms with E-state index in [2.05, 4.69) is 0 Å². The molecule has 0 heterocycles. The van der Waals surface area contributed by atoms with Crippen LogP contribution in [0.4, 0.5) is 5.69 Å². The Balaban J connectivity index is 2.85. The van der Waals surface area contributed by atoms with Gasteiger partial charge in [0.1, 0.15) is 17.7 Å². The van der Waals surface area contributed by atoms with Gasteiger partial charge in [-0.3, -0.25) is 4.79 Å². The third-order valence-electron chi connectivity index (χ3n) is 3.70. The Morgan fingerprint density at radius 3 is 2.48 bits per heavy atom. The number of carboxylic acid groups (broad SMARTS) is 1. The maximum absolute atomic E-state index is 12.0. The summed E-state index contributed by atoms with van der Waals surface area (Å²) in [7, 11) is 0. The van der Waals surface area contributed by atoms with Crippen molar-refractivity contribution in [1.29, 1.82) is 10.5 Å². The Hall–Kier alpha value is -3.36. The molecule has 1 rings (SSSR count). The van der Waals surface area contributed by atoms with Crippen molar-refractivity contribution in [3.05, 3.63) is 34.9 Å². The molecule has 0 aliphatic carbocycles. The largest absolute Gasteiger partial charge is 0.481 e. The van der Waals surface area contributed by atoms with Crippen molar-refractivity contribution in [2.45, 2.75) is 39.2 Å². The fourth-order valence-electron chi connectivity index (χ4n) is 2.32. The van der Waals surface area contributed by atoms with Crippen LogP contribution in [-0.2, 0) is 21.0 Å². The molecule has 0 amide bonds. The number of carbonyl (C=O) groups is 2. The predicted molar refractivity (Wildman–Crippen MR) is 98.8 cm³/mol. The summed E-state index contributed by atoms with van der Waals surface area (Å²) in [6.45, 7) is 2.41. The quantitative estimate of drug-likeness (QED) is 0.363. The second-order valence-electron chi connectivity index (χ2n) is 5.63. The minimum absolute atomic E-state index is 0.0208. The molecule has 0 fully saturated rings. The number of carbonyl (C=O) groups excluding carboxylic acids is 1. The maximum atomic E-state index is 12.0. The molecule has 0 spiro atoms. The van der Waals surface area contributed by atoms with Crippen molar-refractivity contribution in [2.75, 3.05) is 11.6 Å². The zero-order valence-electron chi connectivity index (χ0n) is 15.1. The molecule has 0 atom stereocenters. The van der Waals surface area contributed by atoms with Crippen LogP contribution in [0, 0.1) is 22.7 Å². The van der Waals surface area contributed by atoms with Crippen molar-refractivity contribution in [1.82, 2.24) is 0 Å². The minimum Gasteiger partial charge on any atom is -0.481 e. The standard InChI is InChI=1S/C19H22N4O4/c1-2-23(27-19(26)6-4-3-5-18(24)25)17-8-7-15(16(10-17)13-22)9-14(11-20)12-21/h7-10H,2-6,13,22H2,1H3,(H,24,25). The number of anilines is 1. The van der Waals surface area contributed by atoms with Crippen LogP contribution >= 0.6 is 0 Å². The van der Waals surface area contributed by atoms with E-state index in [0.717, 1.165) is 0 Å². The first-order valence-corrected chi connectivity index (χ1v) is 8.50. The van der Waals surface area contributed by atoms with Crippen molar-refractivity contribution in [3.63, 3.8) is 0 Å². The van der Waals surface area contributed by atoms with Crippen LogP contribution < -0.4 is 10.8 Å². The number of unbranched alkanes of at least 4 members (excludes halogenated alkanes) is 1. The van der Waals surface area contributed by atoms with E-state index in [9.17, 15) is 9.59 Å². The molecule has 1 aromatic rings. The van der Waals surface area contributed by atoms with Crippen molar-refractivity contribution in [2.24, 2.45) is 5.73 Å². The van der Waals surface area contributed by atoms with E-state index < -0.39 is 11.9 Å². The van der Waals surface area contributed by atoms with Crippen LogP contribution in [0.15, 0.2) is 23.8 Å². The molecule has 3 N–H and O–H groups in total. The Morgan fingerprint density at radius 2 is 1.93 bits per heavy atom. The van der Waals surface area contributed by atoms with Gasteiger partial charge in [0.15, 0.2) is 0 Å². The van der Waals surface area contributed by atoms with Crippen LogP contribution in [0.25, 0.3) is 6.08 Å². The summed E-state index contributed by atoms with van der Waals surface area (Å²) < 4.78 is 0. The number of aliphatic carboxylic acids is 1. The summed E-state index contributed by atoms with van der Waals surface area (Å²) in [6.07, 6.45) is 2.45. The number of carboxylic acids is 1. The maximum Gasteiger partial charge on any atom is 0.332 e. The third-order valence-corrected chi connectivity index (χ3v) is 3.70. The number of benzene rings is 1. The summed E-state index contributed by atoms with van der Waals surface area (Å²) in [4.78, 5) is 27.8. The first kappa shape index (κ1) is 21.7. The lowest BCUT2D eigenvalue weighted by atomic mass is 10.0. The highest BCUT2D eigenvalue weighted by atomic mass is 16.7. The number of nitriles is 2. The monoisotopic (exact) mass is 370 g/mol. The smallest absolute Gasteiger partial charge is 0.332 e. The summed E-state index contributed by atoms with van der Waals surface area (Å²) in [5, 5.41) is 27.8. The number of nitrogens with two attached hydrogens (primary N) is 1. The SMILES string of the molecule is CCN(OC(=O)CCCCC(=O)O)c1ccc(C=C(C#N)C#N)c(CN)c1. The van der Waals surface area contributed by atoms with E-state index in [0.29, 0.717) is 36.2 Å². The average Bonchev–Trinajstić information content (AvgIpc) is 2.67. The lowest BCUT2D eigenvalue weighted by Gasteiger charge is -2.22. The van der Waals surface area contributed by atoms with E-state index in [4.69, 9.17) is 26.2 Å². The van der Waals surface area contributed by atoms with Gasteiger partial charge in [0.25, 0.3) is 0 Å². The van der Waals surface area contributed by atoms with E-state index in [1.54, 1.807) is 30.3 Å². The van der Waals surface area contributed by atoms with Crippen LogP contribution in [0.5, 0.6) is 0 Å². The molecule has 0 saturated heterocycles. The molecule has 142 valence electrons. The van der Waals surface area contributed by atoms with Crippen molar-refractivity contribution in [3.8, 4) is 12.1 Å². The second kappa shape index (κ2) is 11.3. The molecule has 0 aliphatic rings. The zero-order valence-corrected chi connectivity index (χ0v) is 15.1. The predicted octanol–water partition coefficient (Wildman–Crippen LogP) is 2.51. The summed E-state index contributed by atoms with van der Waals surface area (Å²) in [6, 6.07) is 8.75. The molecular weight excluding hydrogens is 348 g/mol. The van der Waals surface area contributed by atoms with E-state index in [1.165, 1.54) is 11.1 Å². The van der Waals surface area contributed by atoms with Crippen LogP contribution in [0.3, 0.4) is 0 Å². The van der Waals surface area contributed by atoms with E-state index in [1.807, 2.05) is 6.92 Å². The van der Waals surface area contributed by atoms with Crippen molar-refractivity contribution < 1.29 is 19.5 Å². The summed E-state index contributed by atoms with van der Waals surface area (Å²) in [5.74, 6) is -1.34. The highest BCUT2D eigenvalue weighted by Gasteiger charge is 2.13. The molecule has 0 unspecified atom stereocenters. The lowest BCUT2D eigenvalue weighted by molar-refractivity contribution is -0.145. The highest BCUT2D eigenvalue weighted by molar-refractivity contribution is 5.72. The molecular formula is C19H22N4O4. The fourth-order valence-corrected chi connectivity index (χ4v) is 2.32. The van der Waals surface area contributed by atoms with Crippen LogP contribution in [0.1, 0.15) is 43.7 Å². The number of rotatable bonds is 10. The normalized spacial score (nSPS) is 9.63. The van der Waals surface area contributed by atoms with Gasteiger partial charge in [-0.15, -0.1) is 0 Å². The lowest BCUT2D eigenvalue weighted by Crippen LogP contribution is -2.27.